The van der Waals surface area contributed by atoms with Gasteiger partial charge >= 0.3 is 12.4 Å². The lowest BCUT2D eigenvalue weighted by molar-refractivity contribution is -0.143. The monoisotopic (exact) mass is 524 g/mol. The Hall–Kier alpha value is -3.54. The van der Waals surface area contributed by atoms with Crippen LogP contribution in [0.15, 0.2) is 58.9 Å². The van der Waals surface area contributed by atoms with E-state index in [1.807, 2.05) is 11.4 Å². The lowest BCUT2D eigenvalue weighted by Gasteiger charge is -2.25. The second-order valence-electron chi connectivity index (χ2n) is 8.63. The lowest BCUT2D eigenvalue weighted by Crippen LogP contribution is -2.41. The number of hydrogen-bond acceptors (Lipinski definition) is 5. The van der Waals surface area contributed by atoms with Crippen LogP contribution in [0.2, 0.25) is 0 Å². The number of carbonyl (C=O) groups excluding carboxylic acids is 1. The van der Waals surface area contributed by atoms with Crippen molar-refractivity contribution in [3.05, 3.63) is 80.5 Å². The molecule has 188 valence electrons. The highest BCUT2D eigenvalue weighted by Crippen LogP contribution is 2.51. The smallest absolute Gasteiger partial charge is 0.384 e. The molecule has 36 heavy (non-hydrogen) atoms. The summed E-state index contributed by atoms with van der Waals surface area (Å²) in [5.74, 6) is -0.135. The summed E-state index contributed by atoms with van der Waals surface area (Å²) in [5.41, 5.74) is 2.68. The van der Waals surface area contributed by atoms with Crippen molar-refractivity contribution in [1.82, 2.24) is 0 Å². The zero-order valence-electron chi connectivity index (χ0n) is 18.4. The van der Waals surface area contributed by atoms with Crippen LogP contribution in [0.25, 0.3) is 5.82 Å². The van der Waals surface area contributed by atoms with Gasteiger partial charge in [0.05, 0.1) is 21.8 Å². The van der Waals surface area contributed by atoms with Gasteiger partial charge in [-0.15, -0.1) is 11.3 Å². The quantitative estimate of drug-likeness (QED) is 0.491. The van der Waals surface area contributed by atoms with Crippen LogP contribution in [0.3, 0.4) is 0 Å². The Kier molecular flexibility index (Phi) is 5.54. The van der Waals surface area contributed by atoms with Crippen molar-refractivity contribution < 1.29 is 31.1 Å². The summed E-state index contributed by atoms with van der Waals surface area (Å²) in [6, 6.07) is 9.75. The molecule has 0 bridgehead atoms. The van der Waals surface area contributed by atoms with Gasteiger partial charge in [-0.2, -0.15) is 26.3 Å². The SMILES string of the molecule is NC1=c2ccsc2=NCN1c1ccc(NC(=O)C2(c3cc(C(F)(F)F)cc(C(F)(F)F)c3)CC2)cc1. The van der Waals surface area contributed by atoms with Crippen LogP contribution in [0, 0.1) is 0 Å². The van der Waals surface area contributed by atoms with Crippen molar-refractivity contribution in [2.24, 2.45) is 10.7 Å². The molecule has 2 aliphatic rings. The molecule has 5 rings (SSSR count). The van der Waals surface area contributed by atoms with Crippen molar-refractivity contribution in [1.29, 1.82) is 0 Å². The summed E-state index contributed by atoms with van der Waals surface area (Å²) >= 11 is 1.48. The number of nitrogens with two attached hydrogens (primary N) is 1. The minimum absolute atomic E-state index is 0.0604. The molecule has 0 saturated heterocycles. The van der Waals surface area contributed by atoms with E-state index in [0.29, 0.717) is 36.0 Å². The van der Waals surface area contributed by atoms with Gasteiger partial charge in [-0.05, 0) is 72.3 Å². The number of hydrogen-bond donors (Lipinski definition) is 2. The standard InChI is InChI=1S/C24H18F6N4OS/c25-23(26,27)14-9-13(10-15(11-14)24(28,29)30)22(6-7-22)21(35)33-16-1-3-17(4-2-16)34-12-32-20-18(19(34)31)5-8-36-20/h1-5,8-11H,6-7,12,31H2,(H,33,35). The Morgan fingerprint density at radius 1 is 0.972 bits per heavy atom. The third kappa shape index (κ3) is 4.29. The molecule has 2 heterocycles. The van der Waals surface area contributed by atoms with Gasteiger partial charge in [0.25, 0.3) is 0 Å². The summed E-state index contributed by atoms with van der Waals surface area (Å²) in [4.78, 5) is 19.3. The normalized spacial score (nSPS) is 16.8. The van der Waals surface area contributed by atoms with E-state index in [2.05, 4.69) is 10.3 Å². The number of benzene rings is 2. The van der Waals surface area contributed by atoms with E-state index in [4.69, 9.17) is 5.73 Å². The first-order valence-corrected chi connectivity index (χ1v) is 11.6. The molecule has 1 saturated carbocycles. The minimum Gasteiger partial charge on any atom is -0.384 e. The Morgan fingerprint density at radius 3 is 2.14 bits per heavy atom. The van der Waals surface area contributed by atoms with E-state index in [1.165, 1.54) is 11.3 Å². The molecule has 1 aliphatic carbocycles. The molecule has 3 aromatic rings. The third-order valence-electron chi connectivity index (χ3n) is 6.33. The Balaban J connectivity index is 1.39. The van der Waals surface area contributed by atoms with E-state index >= 15 is 0 Å². The first kappa shape index (κ1) is 24.2. The van der Waals surface area contributed by atoms with Gasteiger partial charge in [-0.3, -0.25) is 9.79 Å². The average Bonchev–Trinajstić information content (AvgIpc) is 3.49. The van der Waals surface area contributed by atoms with Crippen molar-refractivity contribution in [3.8, 4) is 0 Å². The largest absolute Gasteiger partial charge is 0.416 e. The number of carbonyl (C=O) groups is 1. The summed E-state index contributed by atoms with van der Waals surface area (Å²) in [5, 5.41) is 5.34. The van der Waals surface area contributed by atoms with E-state index in [-0.39, 0.29) is 24.5 Å². The average molecular weight is 524 g/mol. The van der Waals surface area contributed by atoms with Gasteiger partial charge < -0.3 is 16.0 Å². The molecular formula is C24H18F6N4OS. The molecule has 1 aromatic heterocycles. The van der Waals surface area contributed by atoms with Crippen LogP contribution in [0.1, 0.15) is 29.5 Å². The maximum absolute atomic E-state index is 13.3. The predicted molar refractivity (Wildman–Crippen MR) is 122 cm³/mol. The van der Waals surface area contributed by atoms with Crippen LogP contribution < -0.4 is 25.8 Å². The summed E-state index contributed by atoms with van der Waals surface area (Å²) in [6.45, 7) is 0.311. The molecule has 1 fully saturated rings. The molecule has 1 amide bonds. The Morgan fingerprint density at radius 2 is 1.58 bits per heavy atom. The minimum atomic E-state index is -4.98. The van der Waals surface area contributed by atoms with Crippen LogP contribution in [0.5, 0.6) is 0 Å². The second kappa shape index (κ2) is 8.26. The van der Waals surface area contributed by atoms with Gasteiger partial charge in [0.15, 0.2) is 0 Å². The highest BCUT2D eigenvalue weighted by Gasteiger charge is 2.53. The number of amides is 1. The summed E-state index contributed by atoms with van der Waals surface area (Å²) < 4.78 is 80.6. The van der Waals surface area contributed by atoms with Gasteiger partial charge in [0.2, 0.25) is 5.91 Å². The number of rotatable bonds is 4. The second-order valence-corrected chi connectivity index (χ2v) is 9.52. The molecule has 0 spiro atoms. The maximum Gasteiger partial charge on any atom is 0.416 e. The molecule has 2 aromatic carbocycles. The van der Waals surface area contributed by atoms with Crippen LogP contribution in [0.4, 0.5) is 37.7 Å². The van der Waals surface area contributed by atoms with E-state index in [9.17, 15) is 31.1 Å². The molecule has 12 heteroatoms. The number of alkyl halides is 6. The molecule has 1 aliphatic heterocycles. The number of nitrogens with zero attached hydrogens (tertiary/aromatic N) is 2. The fourth-order valence-corrected chi connectivity index (χ4v) is 4.94. The third-order valence-corrected chi connectivity index (χ3v) is 7.17. The molecule has 0 atom stereocenters. The topological polar surface area (TPSA) is 70.7 Å². The number of thiophene rings is 1. The fourth-order valence-electron chi connectivity index (χ4n) is 4.17. The van der Waals surface area contributed by atoms with Gasteiger partial charge in [0.1, 0.15) is 17.2 Å². The Labute approximate surface area is 204 Å². The van der Waals surface area contributed by atoms with Crippen LogP contribution in [-0.4, -0.2) is 12.6 Å². The molecule has 3 N–H and O–H groups in total. The maximum atomic E-state index is 13.3. The molecule has 5 nitrogen and oxygen atoms in total. The van der Waals surface area contributed by atoms with E-state index in [0.717, 1.165) is 9.89 Å². The zero-order chi connectivity index (χ0) is 25.9. The lowest BCUT2D eigenvalue weighted by atomic mass is 9.91. The number of halogens is 6. The Bertz CT molecular complexity index is 1420. The first-order valence-electron chi connectivity index (χ1n) is 10.8. The van der Waals surface area contributed by atoms with Crippen molar-refractivity contribution >= 4 is 34.4 Å². The molecule has 0 unspecified atom stereocenters. The van der Waals surface area contributed by atoms with E-state index < -0.39 is 34.8 Å². The molecular weight excluding hydrogens is 506 g/mol. The van der Waals surface area contributed by atoms with Crippen molar-refractivity contribution in [2.75, 3.05) is 16.9 Å². The number of nitrogens with one attached hydrogen (secondary N) is 1. The van der Waals surface area contributed by atoms with E-state index in [1.54, 1.807) is 29.2 Å². The summed E-state index contributed by atoms with van der Waals surface area (Å²) in [7, 11) is 0. The van der Waals surface area contributed by atoms with Crippen LogP contribution in [-0.2, 0) is 22.6 Å². The van der Waals surface area contributed by atoms with Gasteiger partial charge in [-0.1, -0.05) is 0 Å². The van der Waals surface area contributed by atoms with Gasteiger partial charge in [-0.25, -0.2) is 0 Å². The van der Waals surface area contributed by atoms with Crippen LogP contribution >= 0.6 is 11.3 Å². The number of anilines is 2. The molecule has 0 radical (unpaired) electrons. The van der Waals surface area contributed by atoms with Crippen molar-refractivity contribution in [2.45, 2.75) is 30.6 Å². The van der Waals surface area contributed by atoms with Gasteiger partial charge in [0, 0.05) is 11.4 Å². The fraction of sp³-hybridized carbons (Fsp3) is 0.250. The highest BCUT2D eigenvalue weighted by atomic mass is 32.1. The predicted octanol–water partition coefficient (Wildman–Crippen LogP) is 4.58. The number of fused-ring (bicyclic) bond motifs is 1. The zero-order valence-corrected chi connectivity index (χ0v) is 19.2. The van der Waals surface area contributed by atoms with Crippen molar-refractivity contribution in [3.63, 3.8) is 0 Å². The summed E-state index contributed by atoms with van der Waals surface area (Å²) in [6.07, 6.45) is -9.69. The highest BCUT2D eigenvalue weighted by molar-refractivity contribution is 7.07. The first-order chi connectivity index (χ1) is 16.9.